The Bertz CT molecular complexity index is 2600. The Morgan fingerprint density at radius 1 is 0.395 bits per heavy atom. The molecule has 0 amide bonds. The molecule has 0 N–H and O–H groups in total. The second kappa shape index (κ2) is 9.07. The molecule has 0 bridgehead atoms. The molecule has 0 spiro atoms. The van der Waals surface area contributed by atoms with Crippen molar-refractivity contribution in [1.82, 2.24) is 14.4 Å². The van der Waals surface area contributed by atoms with Crippen molar-refractivity contribution in [1.29, 1.82) is 0 Å². The van der Waals surface area contributed by atoms with E-state index in [1.54, 1.807) is 4.40 Å². The highest BCUT2D eigenvalue weighted by Gasteiger charge is 2.17. The van der Waals surface area contributed by atoms with E-state index in [-0.39, 0.29) is 5.56 Å². The Morgan fingerprint density at radius 3 is 1.60 bits per heavy atom. The van der Waals surface area contributed by atoms with Crippen LogP contribution in [0.4, 0.5) is 0 Å². The van der Waals surface area contributed by atoms with Gasteiger partial charge in [-0.05, 0) is 73.8 Å². The van der Waals surface area contributed by atoms with E-state index in [1.165, 1.54) is 32.3 Å². The van der Waals surface area contributed by atoms with Gasteiger partial charge in [-0.25, -0.2) is 14.4 Å². The number of aromatic nitrogens is 3. The highest BCUT2D eigenvalue weighted by Crippen LogP contribution is 2.38. The minimum atomic E-state index is -0.122. The molecule has 200 valence electrons. The summed E-state index contributed by atoms with van der Waals surface area (Å²) in [4.78, 5) is 24.0. The molecule has 4 heteroatoms. The van der Waals surface area contributed by atoms with Crippen LogP contribution in [-0.2, 0) is 0 Å². The average molecular weight is 550 g/mol. The minimum Gasteiger partial charge on any atom is -0.268 e. The predicted octanol–water partition coefficient (Wildman–Crippen LogP) is 9.19. The van der Waals surface area contributed by atoms with Gasteiger partial charge in [0.2, 0.25) is 0 Å². The third kappa shape index (κ3) is 3.53. The third-order valence-corrected chi connectivity index (χ3v) is 8.56. The Labute approximate surface area is 246 Å². The van der Waals surface area contributed by atoms with E-state index in [1.807, 2.05) is 60.7 Å². The quantitative estimate of drug-likeness (QED) is 0.160. The van der Waals surface area contributed by atoms with Gasteiger partial charge in [0.15, 0.2) is 5.65 Å². The average Bonchev–Trinajstić information content (AvgIpc) is 3.08. The smallest absolute Gasteiger partial charge is 0.267 e. The number of hydrogen-bond acceptors (Lipinski definition) is 3. The molecule has 0 aliphatic heterocycles. The van der Waals surface area contributed by atoms with Crippen molar-refractivity contribution >= 4 is 59.8 Å². The van der Waals surface area contributed by atoms with Crippen LogP contribution in [0.5, 0.6) is 0 Å². The number of fused-ring (bicyclic) bond motifs is 10. The van der Waals surface area contributed by atoms with Crippen LogP contribution < -0.4 is 5.56 Å². The van der Waals surface area contributed by atoms with Gasteiger partial charge >= 0.3 is 0 Å². The van der Waals surface area contributed by atoms with E-state index < -0.39 is 0 Å². The predicted molar refractivity (Wildman–Crippen MR) is 178 cm³/mol. The Balaban J connectivity index is 1.35. The summed E-state index contributed by atoms with van der Waals surface area (Å²) in [5, 5.41) is 8.86. The molecule has 0 saturated heterocycles. The van der Waals surface area contributed by atoms with Crippen molar-refractivity contribution in [2.75, 3.05) is 0 Å². The number of para-hydroxylation sites is 1. The molecular formula is C39H23N3O. The topological polar surface area (TPSA) is 47.3 Å². The Kier molecular flexibility index (Phi) is 5.02. The molecule has 0 unspecified atom stereocenters. The van der Waals surface area contributed by atoms with Gasteiger partial charge in [-0.2, -0.15) is 0 Å². The lowest BCUT2D eigenvalue weighted by Gasteiger charge is -2.14. The molecule has 0 saturated carbocycles. The molecule has 9 rings (SSSR count). The van der Waals surface area contributed by atoms with Gasteiger partial charge in [-0.1, -0.05) is 109 Å². The maximum atomic E-state index is 13.9. The summed E-state index contributed by atoms with van der Waals surface area (Å²) in [6, 6.07) is 47.6. The first kappa shape index (κ1) is 23.8. The van der Waals surface area contributed by atoms with E-state index in [9.17, 15) is 4.79 Å². The first-order valence-electron chi connectivity index (χ1n) is 14.4. The summed E-state index contributed by atoms with van der Waals surface area (Å²) in [5.74, 6) is 0.586. The second-order valence-electron chi connectivity index (χ2n) is 11.0. The van der Waals surface area contributed by atoms with Gasteiger partial charge in [0.25, 0.3) is 5.56 Å². The Hall–Kier alpha value is -5.87. The van der Waals surface area contributed by atoms with Crippen molar-refractivity contribution in [3.8, 4) is 22.5 Å². The van der Waals surface area contributed by atoms with Crippen LogP contribution in [-0.4, -0.2) is 14.4 Å². The van der Waals surface area contributed by atoms with Crippen LogP contribution in [0.1, 0.15) is 0 Å². The van der Waals surface area contributed by atoms with Crippen molar-refractivity contribution in [3.05, 3.63) is 150 Å². The van der Waals surface area contributed by atoms with Crippen LogP contribution in [0.3, 0.4) is 0 Å². The van der Waals surface area contributed by atoms with Crippen LogP contribution in [0.2, 0.25) is 0 Å². The molecular weight excluding hydrogens is 526 g/mol. The molecule has 2 heterocycles. The monoisotopic (exact) mass is 549 g/mol. The zero-order valence-electron chi connectivity index (χ0n) is 23.0. The SMILES string of the molecule is O=c1c2ccccc2nc2c3cc(-c4ccc5c6ccccc6c6ccccc6c5c4)ccc3nc(-c3ccccc3)n12. The molecule has 0 aliphatic carbocycles. The summed E-state index contributed by atoms with van der Waals surface area (Å²) in [7, 11) is 0. The molecule has 0 radical (unpaired) electrons. The van der Waals surface area contributed by atoms with Gasteiger partial charge in [0.1, 0.15) is 5.82 Å². The van der Waals surface area contributed by atoms with Gasteiger partial charge in [0, 0.05) is 10.9 Å². The lowest BCUT2D eigenvalue weighted by atomic mass is 9.92. The van der Waals surface area contributed by atoms with Crippen molar-refractivity contribution in [2.45, 2.75) is 0 Å². The number of nitrogens with zero attached hydrogens (tertiary/aromatic N) is 3. The molecule has 43 heavy (non-hydrogen) atoms. The minimum absolute atomic E-state index is 0.122. The lowest BCUT2D eigenvalue weighted by Crippen LogP contribution is -2.18. The summed E-state index contributed by atoms with van der Waals surface area (Å²) in [6.45, 7) is 0. The maximum absolute atomic E-state index is 13.9. The second-order valence-corrected chi connectivity index (χ2v) is 11.0. The first-order chi connectivity index (χ1) is 21.2. The van der Waals surface area contributed by atoms with E-state index in [2.05, 4.69) is 78.9 Å². The molecule has 0 atom stereocenters. The summed E-state index contributed by atoms with van der Waals surface area (Å²) >= 11 is 0. The highest BCUT2D eigenvalue weighted by molar-refractivity contribution is 6.25. The summed E-state index contributed by atoms with van der Waals surface area (Å²) in [6.07, 6.45) is 0. The van der Waals surface area contributed by atoms with Crippen LogP contribution >= 0.6 is 0 Å². The van der Waals surface area contributed by atoms with E-state index in [4.69, 9.17) is 9.97 Å². The third-order valence-electron chi connectivity index (χ3n) is 8.56. The molecule has 0 aliphatic rings. The standard InChI is InChI=1S/C39H23N3O/c43-39-32-16-8-9-17-35(32)41-38-34-23-26(19-21-36(34)40-37(42(38)39)24-10-2-1-3-11-24)25-18-20-31-29-14-5-4-12-27(29)28-13-6-7-15-30(28)33(31)22-25/h1-23H. The Morgan fingerprint density at radius 2 is 0.907 bits per heavy atom. The highest BCUT2D eigenvalue weighted by atomic mass is 16.1. The van der Waals surface area contributed by atoms with Crippen molar-refractivity contribution in [3.63, 3.8) is 0 Å². The van der Waals surface area contributed by atoms with Gasteiger partial charge in [-0.15, -0.1) is 0 Å². The largest absolute Gasteiger partial charge is 0.268 e. The van der Waals surface area contributed by atoms with Gasteiger partial charge in [0.05, 0.1) is 16.4 Å². The lowest BCUT2D eigenvalue weighted by molar-refractivity contribution is 1.05. The molecule has 7 aromatic carbocycles. The van der Waals surface area contributed by atoms with E-state index in [0.29, 0.717) is 22.4 Å². The number of benzene rings is 7. The molecule has 0 fully saturated rings. The van der Waals surface area contributed by atoms with Gasteiger partial charge < -0.3 is 0 Å². The maximum Gasteiger partial charge on any atom is 0.267 e. The first-order valence-corrected chi connectivity index (χ1v) is 14.4. The van der Waals surface area contributed by atoms with E-state index >= 15 is 0 Å². The van der Waals surface area contributed by atoms with Crippen molar-refractivity contribution in [2.24, 2.45) is 0 Å². The van der Waals surface area contributed by atoms with Crippen LogP contribution in [0.15, 0.2) is 144 Å². The fraction of sp³-hybridized carbons (Fsp3) is 0. The molecule has 2 aromatic heterocycles. The zero-order chi connectivity index (χ0) is 28.5. The number of hydrogen-bond donors (Lipinski definition) is 0. The summed E-state index contributed by atoms with van der Waals surface area (Å²) < 4.78 is 1.67. The molecule has 9 aromatic rings. The zero-order valence-corrected chi connectivity index (χ0v) is 23.0. The fourth-order valence-corrected chi connectivity index (χ4v) is 6.53. The van der Waals surface area contributed by atoms with E-state index in [0.717, 1.165) is 27.6 Å². The summed E-state index contributed by atoms with van der Waals surface area (Å²) in [5.41, 5.74) is 4.96. The van der Waals surface area contributed by atoms with Gasteiger partial charge in [-0.3, -0.25) is 4.79 Å². The normalized spacial score (nSPS) is 11.8. The number of rotatable bonds is 2. The van der Waals surface area contributed by atoms with Crippen molar-refractivity contribution < 1.29 is 0 Å². The molecule has 4 nitrogen and oxygen atoms in total. The fourth-order valence-electron chi connectivity index (χ4n) is 6.53. The van der Waals surface area contributed by atoms with Crippen LogP contribution in [0.25, 0.3) is 82.3 Å². The van der Waals surface area contributed by atoms with Crippen LogP contribution in [0, 0.1) is 0 Å².